The van der Waals surface area contributed by atoms with Gasteiger partial charge < -0.3 is 14.9 Å². The van der Waals surface area contributed by atoms with Gasteiger partial charge in [-0.15, -0.1) is 0 Å². The monoisotopic (exact) mass is 283 g/mol. The van der Waals surface area contributed by atoms with Crippen LogP contribution in [-0.2, 0) is 16.0 Å². The Bertz CT molecular complexity index is 337. The maximum Gasteiger partial charge on any atom is 0.158 e. The first-order valence-corrected chi connectivity index (χ1v) is 6.95. The lowest BCUT2D eigenvalue weighted by atomic mass is 10.3. The van der Waals surface area contributed by atoms with Crippen LogP contribution >= 0.6 is 0 Å². The van der Waals surface area contributed by atoms with Gasteiger partial charge in [0.15, 0.2) is 5.82 Å². The number of nitrogen functional groups attached to an aromatic ring is 1. The van der Waals surface area contributed by atoms with Crippen LogP contribution in [0.1, 0.15) is 19.5 Å². The number of ether oxygens (including phenoxy) is 2. The highest BCUT2D eigenvalue weighted by atomic mass is 16.5. The number of nitrogens with zero attached hydrogens (tertiary/aromatic N) is 3. The van der Waals surface area contributed by atoms with E-state index in [0.29, 0.717) is 19.0 Å². The molecule has 0 atom stereocenters. The summed E-state index contributed by atoms with van der Waals surface area (Å²) in [5, 5.41) is 0. The van der Waals surface area contributed by atoms with E-state index in [9.17, 15) is 0 Å². The van der Waals surface area contributed by atoms with Gasteiger partial charge in [-0.05, 0) is 13.8 Å². The number of rotatable bonds is 11. The van der Waals surface area contributed by atoms with Crippen molar-refractivity contribution in [1.29, 1.82) is 0 Å². The normalized spacial score (nSPS) is 11.0. The number of hydrazine groups is 1. The van der Waals surface area contributed by atoms with E-state index in [1.165, 1.54) is 0 Å². The summed E-state index contributed by atoms with van der Waals surface area (Å²) < 4.78 is 10.8. The number of hydrogen-bond acceptors (Lipinski definition) is 7. The van der Waals surface area contributed by atoms with Crippen LogP contribution in [0.25, 0.3) is 0 Å². The lowest BCUT2D eigenvalue weighted by Gasteiger charge is -2.21. The number of hydrogen-bond donors (Lipinski definition) is 2. The standard InChI is InChI=1S/C13H25N5O2/c1-3-19-7-5-18(6-8-20-4-2)11-12-9-16-13(17-14)10-15-12/h9-10H,3-8,11,14H2,1-2H3,(H,16,17). The fourth-order valence-electron chi connectivity index (χ4n) is 1.69. The Morgan fingerprint density at radius 3 is 2.20 bits per heavy atom. The molecule has 0 aliphatic heterocycles. The smallest absolute Gasteiger partial charge is 0.158 e. The fraction of sp³-hybridized carbons (Fsp3) is 0.692. The molecule has 1 aromatic heterocycles. The molecule has 0 aliphatic rings. The van der Waals surface area contributed by atoms with Crippen LogP contribution in [0, 0.1) is 0 Å². The molecule has 0 spiro atoms. The summed E-state index contributed by atoms with van der Waals surface area (Å²) in [6.07, 6.45) is 3.35. The third-order valence-corrected chi connectivity index (χ3v) is 2.75. The van der Waals surface area contributed by atoms with Gasteiger partial charge in [0.25, 0.3) is 0 Å². The van der Waals surface area contributed by atoms with Crippen molar-refractivity contribution in [3.8, 4) is 0 Å². The summed E-state index contributed by atoms with van der Waals surface area (Å²) in [6, 6.07) is 0. The summed E-state index contributed by atoms with van der Waals surface area (Å²) in [4.78, 5) is 10.7. The molecule has 7 heteroatoms. The fourth-order valence-corrected chi connectivity index (χ4v) is 1.69. The van der Waals surface area contributed by atoms with Gasteiger partial charge in [0, 0.05) is 32.8 Å². The molecule has 3 N–H and O–H groups in total. The molecular weight excluding hydrogens is 258 g/mol. The summed E-state index contributed by atoms with van der Waals surface area (Å²) >= 11 is 0. The van der Waals surface area contributed by atoms with E-state index in [4.69, 9.17) is 15.3 Å². The molecule has 1 rings (SSSR count). The average molecular weight is 283 g/mol. The van der Waals surface area contributed by atoms with Gasteiger partial charge in [0.05, 0.1) is 31.3 Å². The van der Waals surface area contributed by atoms with E-state index < -0.39 is 0 Å². The van der Waals surface area contributed by atoms with E-state index in [-0.39, 0.29) is 0 Å². The largest absolute Gasteiger partial charge is 0.380 e. The van der Waals surface area contributed by atoms with E-state index in [2.05, 4.69) is 20.3 Å². The van der Waals surface area contributed by atoms with Crippen molar-refractivity contribution in [2.75, 3.05) is 44.9 Å². The Hall–Kier alpha value is -1.28. The SMILES string of the molecule is CCOCCN(CCOCC)Cc1cnc(NN)cn1. The van der Waals surface area contributed by atoms with Crippen molar-refractivity contribution in [3.63, 3.8) is 0 Å². The minimum absolute atomic E-state index is 0.559. The summed E-state index contributed by atoms with van der Waals surface area (Å²) in [7, 11) is 0. The lowest BCUT2D eigenvalue weighted by Crippen LogP contribution is -2.31. The van der Waals surface area contributed by atoms with Crippen LogP contribution in [0.15, 0.2) is 12.4 Å². The Morgan fingerprint density at radius 2 is 1.75 bits per heavy atom. The van der Waals surface area contributed by atoms with E-state index in [1.54, 1.807) is 12.4 Å². The van der Waals surface area contributed by atoms with Gasteiger partial charge in [0.2, 0.25) is 0 Å². The van der Waals surface area contributed by atoms with Gasteiger partial charge in [-0.25, -0.2) is 10.8 Å². The first-order valence-electron chi connectivity index (χ1n) is 6.95. The van der Waals surface area contributed by atoms with Crippen LogP contribution < -0.4 is 11.3 Å². The molecule has 0 bridgehead atoms. The minimum Gasteiger partial charge on any atom is -0.380 e. The molecule has 1 heterocycles. The molecule has 0 aromatic carbocycles. The third-order valence-electron chi connectivity index (χ3n) is 2.75. The summed E-state index contributed by atoms with van der Waals surface area (Å²) in [5.74, 6) is 5.83. The predicted octanol–water partition coefficient (Wildman–Crippen LogP) is 0.637. The van der Waals surface area contributed by atoms with Crippen molar-refractivity contribution in [1.82, 2.24) is 14.9 Å². The molecule has 0 unspecified atom stereocenters. The van der Waals surface area contributed by atoms with Crippen LogP contribution in [0.5, 0.6) is 0 Å². The van der Waals surface area contributed by atoms with Crippen molar-refractivity contribution < 1.29 is 9.47 Å². The van der Waals surface area contributed by atoms with E-state index in [0.717, 1.165) is 38.5 Å². The van der Waals surface area contributed by atoms with E-state index in [1.807, 2.05) is 13.8 Å². The average Bonchev–Trinajstić information content (AvgIpc) is 2.48. The van der Waals surface area contributed by atoms with Gasteiger partial charge >= 0.3 is 0 Å². The van der Waals surface area contributed by atoms with Crippen LogP contribution in [-0.4, -0.2) is 54.4 Å². The molecule has 0 saturated heterocycles. The molecule has 1 aromatic rings. The Balaban J connectivity index is 2.47. The van der Waals surface area contributed by atoms with Gasteiger partial charge in [-0.2, -0.15) is 0 Å². The minimum atomic E-state index is 0.559. The second-order valence-electron chi connectivity index (χ2n) is 4.21. The zero-order valence-corrected chi connectivity index (χ0v) is 12.3. The third kappa shape index (κ3) is 6.76. The van der Waals surface area contributed by atoms with Crippen LogP contribution in [0.3, 0.4) is 0 Å². The van der Waals surface area contributed by atoms with Crippen molar-refractivity contribution in [2.45, 2.75) is 20.4 Å². The summed E-state index contributed by atoms with van der Waals surface area (Å²) in [5.41, 5.74) is 3.36. The van der Waals surface area contributed by atoms with Crippen LogP contribution in [0.2, 0.25) is 0 Å². The predicted molar refractivity (Wildman–Crippen MR) is 78.1 cm³/mol. The molecule has 7 nitrogen and oxygen atoms in total. The van der Waals surface area contributed by atoms with Crippen LogP contribution in [0.4, 0.5) is 5.82 Å². The first kappa shape index (κ1) is 16.8. The van der Waals surface area contributed by atoms with Gasteiger partial charge in [0.1, 0.15) is 0 Å². The molecule has 20 heavy (non-hydrogen) atoms. The molecule has 0 aliphatic carbocycles. The number of anilines is 1. The maximum absolute atomic E-state index is 5.40. The second kappa shape index (κ2) is 10.5. The highest BCUT2D eigenvalue weighted by molar-refractivity contribution is 5.28. The quantitative estimate of drug-likeness (QED) is 0.350. The highest BCUT2D eigenvalue weighted by Crippen LogP contribution is 2.03. The second-order valence-corrected chi connectivity index (χ2v) is 4.21. The summed E-state index contributed by atoms with van der Waals surface area (Å²) in [6.45, 7) is 9.28. The topological polar surface area (TPSA) is 85.5 Å². The van der Waals surface area contributed by atoms with E-state index >= 15 is 0 Å². The molecule has 0 radical (unpaired) electrons. The zero-order chi connectivity index (χ0) is 14.6. The van der Waals surface area contributed by atoms with Gasteiger partial charge in [-0.3, -0.25) is 9.88 Å². The lowest BCUT2D eigenvalue weighted by molar-refractivity contribution is 0.0792. The molecule has 0 amide bonds. The molecular formula is C13H25N5O2. The number of aromatic nitrogens is 2. The molecule has 114 valence electrons. The van der Waals surface area contributed by atoms with Crippen molar-refractivity contribution in [3.05, 3.63) is 18.1 Å². The zero-order valence-electron chi connectivity index (χ0n) is 12.3. The molecule has 0 fully saturated rings. The number of nitrogens with one attached hydrogen (secondary N) is 1. The van der Waals surface area contributed by atoms with Crippen molar-refractivity contribution in [2.24, 2.45) is 5.84 Å². The Labute approximate surface area is 120 Å². The Morgan fingerprint density at radius 1 is 1.10 bits per heavy atom. The Kier molecular flexibility index (Phi) is 8.81. The molecule has 0 saturated carbocycles. The van der Waals surface area contributed by atoms with Gasteiger partial charge in [-0.1, -0.05) is 0 Å². The maximum atomic E-state index is 5.40. The highest BCUT2D eigenvalue weighted by Gasteiger charge is 2.07. The van der Waals surface area contributed by atoms with Crippen molar-refractivity contribution >= 4 is 5.82 Å². The first-order chi connectivity index (χ1) is 9.80. The number of nitrogens with two attached hydrogens (primary N) is 1.